The molecule has 1 N–H and O–H groups in total. The van der Waals surface area contributed by atoms with E-state index >= 15 is 0 Å². The predicted octanol–water partition coefficient (Wildman–Crippen LogP) is 1.64. The van der Waals surface area contributed by atoms with Crippen molar-refractivity contribution in [3.05, 3.63) is 28.9 Å². The summed E-state index contributed by atoms with van der Waals surface area (Å²) in [6.45, 7) is 1.71. The third-order valence-corrected chi connectivity index (χ3v) is 3.07. The van der Waals surface area contributed by atoms with Gasteiger partial charge in [0.2, 0.25) is 5.65 Å². The van der Waals surface area contributed by atoms with Crippen LogP contribution in [0.3, 0.4) is 0 Å². The van der Waals surface area contributed by atoms with E-state index in [0.717, 1.165) is 11.5 Å². The number of rotatable bonds is 2. The summed E-state index contributed by atoms with van der Waals surface area (Å²) in [6, 6.07) is 3.57. The zero-order valence-electron chi connectivity index (χ0n) is 9.25. The Kier molecular flexibility index (Phi) is 2.49. The average molecular weight is 261 g/mol. The Balaban J connectivity index is 1.88. The zero-order valence-corrected chi connectivity index (χ0v) is 10.1. The normalized spacial score (nSPS) is 10.7. The second kappa shape index (κ2) is 4.15. The number of oxazole rings is 1. The van der Waals surface area contributed by atoms with E-state index in [-0.39, 0.29) is 11.9 Å². The Hall–Kier alpha value is -2.35. The fourth-order valence-electron chi connectivity index (χ4n) is 1.42. The van der Waals surface area contributed by atoms with Crippen molar-refractivity contribution in [2.45, 2.75) is 6.92 Å². The molecule has 0 saturated carbocycles. The number of aryl methyl sites for hydroxylation is 1. The first-order valence-electron chi connectivity index (χ1n) is 5.06. The van der Waals surface area contributed by atoms with Gasteiger partial charge in [-0.3, -0.25) is 10.1 Å². The van der Waals surface area contributed by atoms with E-state index in [1.807, 2.05) is 0 Å². The van der Waals surface area contributed by atoms with Crippen LogP contribution in [0, 0.1) is 6.92 Å². The van der Waals surface area contributed by atoms with E-state index in [0.29, 0.717) is 21.8 Å². The van der Waals surface area contributed by atoms with Crippen molar-refractivity contribution in [3.8, 4) is 0 Å². The summed E-state index contributed by atoms with van der Waals surface area (Å²) in [6.07, 6.45) is 1.60. The van der Waals surface area contributed by atoms with Crippen molar-refractivity contribution >= 4 is 34.7 Å². The van der Waals surface area contributed by atoms with E-state index < -0.39 is 0 Å². The largest absolute Gasteiger partial charge is 0.421 e. The highest BCUT2D eigenvalue weighted by atomic mass is 32.1. The molecule has 7 nitrogen and oxygen atoms in total. The molecule has 0 fully saturated rings. The Labute approximate surface area is 105 Å². The number of carbonyl (C=O) groups is 1. The van der Waals surface area contributed by atoms with Gasteiger partial charge in [-0.15, -0.1) is 5.10 Å². The third kappa shape index (κ3) is 1.82. The van der Waals surface area contributed by atoms with E-state index in [1.54, 1.807) is 25.3 Å². The molecular formula is C10H7N5O2S. The Morgan fingerprint density at radius 2 is 2.39 bits per heavy atom. The first-order valence-corrected chi connectivity index (χ1v) is 5.83. The number of nitrogens with one attached hydrogen (secondary N) is 1. The topological polar surface area (TPSA) is 93.8 Å². The molecule has 18 heavy (non-hydrogen) atoms. The molecule has 3 aromatic heterocycles. The molecule has 0 atom stereocenters. The maximum absolute atomic E-state index is 11.9. The number of nitrogens with zero attached hydrogens (tertiary/aromatic N) is 4. The van der Waals surface area contributed by atoms with Crippen LogP contribution < -0.4 is 5.32 Å². The molecule has 0 radical (unpaired) electrons. The van der Waals surface area contributed by atoms with Crippen molar-refractivity contribution in [2.75, 3.05) is 5.32 Å². The summed E-state index contributed by atoms with van der Waals surface area (Å²) in [4.78, 5) is 20.4. The van der Waals surface area contributed by atoms with E-state index in [1.165, 1.54) is 0 Å². The van der Waals surface area contributed by atoms with Crippen molar-refractivity contribution in [2.24, 2.45) is 0 Å². The summed E-state index contributed by atoms with van der Waals surface area (Å²) < 4.78 is 9.03. The number of hydrogen-bond donors (Lipinski definition) is 1. The molecule has 0 saturated heterocycles. The number of anilines is 1. The van der Waals surface area contributed by atoms with Crippen LogP contribution in [-0.2, 0) is 0 Å². The van der Waals surface area contributed by atoms with Crippen molar-refractivity contribution < 1.29 is 9.21 Å². The molecule has 3 aromatic rings. The highest BCUT2D eigenvalue weighted by Crippen LogP contribution is 2.18. The molecule has 0 bridgehead atoms. The van der Waals surface area contributed by atoms with Gasteiger partial charge in [0.05, 0.1) is 5.69 Å². The molecule has 90 valence electrons. The maximum atomic E-state index is 11.9. The quantitative estimate of drug-likeness (QED) is 0.753. The second-order valence-electron chi connectivity index (χ2n) is 3.49. The fourth-order valence-corrected chi connectivity index (χ4v) is 1.97. The maximum Gasteiger partial charge on any atom is 0.304 e. The first kappa shape index (κ1) is 10.8. The van der Waals surface area contributed by atoms with Gasteiger partial charge < -0.3 is 4.42 Å². The average Bonchev–Trinajstić information content (AvgIpc) is 2.94. The van der Waals surface area contributed by atoms with E-state index in [4.69, 9.17) is 4.42 Å². The molecule has 0 aliphatic heterocycles. The van der Waals surface area contributed by atoms with Crippen molar-refractivity contribution in [3.63, 3.8) is 0 Å². The number of fused-ring (bicyclic) bond motifs is 1. The van der Waals surface area contributed by atoms with Gasteiger partial charge in [-0.05, 0) is 30.6 Å². The molecule has 3 rings (SSSR count). The van der Waals surface area contributed by atoms with Crippen molar-refractivity contribution in [1.29, 1.82) is 0 Å². The van der Waals surface area contributed by atoms with Crippen LogP contribution >= 0.6 is 11.5 Å². The molecule has 0 aliphatic rings. The lowest BCUT2D eigenvalue weighted by molar-refractivity contribution is 0.102. The Morgan fingerprint density at radius 3 is 3.11 bits per heavy atom. The van der Waals surface area contributed by atoms with Crippen LogP contribution in [0.25, 0.3) is 11.2 Å². The van der Waals surface area contributed by atoms with Crippen LogP contribution in [0.5, 0.6) is 0 Å². The number of pyridine rings is 1. The molecule has 0 aliphatic carbocycles. The Morgan fingerprint density at radius 1 is 1.50 bits per heavy atom. The van der Waals surface area contributed by atoms with Gasteiger partial charge in [0.15, 0.2) is 5.58 Å². The first-order chi connectivity index (χ1) is 8.74. The minimum absolute atomic E-state index is 0.113. The van der Waals surface area contributed by atoms with Gasteiger partial charge in [0, 0.05) is 6.20 Å². The summed E-state index contributed by atoms with van der Waals surface area (Å²) >= 11 is 1.03. The van der Waals surface area contributed by atoms with E-state index in [9.17, 15) is 4.79 Å². The molecule has 0 spiro atoms. The minimum atomic E-state index is -0.339. The summed E-state index contributed by atoms with van der Waals surface area (Å²) in [7, 11) is 0. The van der Waals surface area contributed by atoms with Gasteiger partial charge in [0.1, 0.15) is 4.88 Å². The van der Waals surface area contributed by atoms with Crippen LogP contribution in [0.1, 0.15) is 15.4 Å². The van der Waals surface area contributed by atoms with Crippen LogP contribution in [0.4, 0.5) is 6.01 Å². The minimum Gasteiger partial charge on any atom is -0.421 e. The lowest BCUT2D eigenvalue weighted by Gasteiger charge is -1.96. The van der Waals surface area contributed by atoms with Crippen molar-refractivity contribution in [1.82, 2.24) is 19.6 Å². The van der Waals surface area contributed by atoms with Crippen LogP contribution in [0.15, 0.2) is 22.7 Å². The number of hydrogen-bond acceptors (Lipinski definition) is 7. The Bertz CT molecular complexity index is 687. The number of amides is 1. The summed E-state index contributed by atoms with van der Waals surface area (Å²) in [5, 5.41) is 6.31. The van der Waals surface area contributed by atoms with Gasteiger partial charge in [-0.1, -0.05) is 4.49 Å². The molecule has 0 aromatic carbocycles. The SMILES string of the molecule is Cc1nnsc1C(=O)Nc1nc2ncccc2o1. The van der Waals surface area contributed by atoms with Crippen LogP contribution in [-0.4, -0.2) is 25.5 Å². The van der Waals surface area contributed by atoms with Gasteiger partial charge in [-0.2, -0.15) is 4.98 Å². The summed E-state index contributed by atoms with van der Waals surface area (Å²) in [5.41, 5.74) is 1.55. The van der Waals surface area contributed by atoms with Crippen LogP contribution in [0.2, 0.25) is 0 Å². The number of aromatic nitrogens is 4. The fraction of sp³-hybridized carbons (Fsp3) is 0.100. The van der Waals surface area contributed by atoms with Gasteiger partial charge >= 0.3 is 6.01 Å². The molecule has 8 heteroatoms. The molecule has 0 unspecified atom stereocenters. The second-order valence-corrected chi connectivity index (χ2v) is 4.24. The smallest absolute Gasteiger partial charge is 0.304 e. The third-order valence-electron chi connectivity index (χ3n) is 2.24. The summed E-state index contributed by atoms with van der Waals surface area (Å²) in [5.74, 6) is -0.339. The standard InChI is InChI=1S/C10H7N5O2S/c1-5-7(18-15-14-5)9(16)13-10-12-8-6(17-10)3-2-4-11-8/h2-4H,1H3,(H,11,12,13,16). The monoisotopic (exact) mass is 261 g/mol. The molecular weight excluding hydrogens is 254 g/mol. The lowest BCUT2D eigenvalue weighted by Crippen LogP contribution is -2.11. The number of carbonyl (C=O) groups excluding carboxylic acids is 1. The van der Waals surface area contributed by atoms with E-state index in [2.05, 4.69) is 24.9 Å². The highest BCUT2D eigenvalue weighted by Gasteiger charge is 2.16. The molecule has 3 heterocycles. The molecule has 1 amide bonds. The zero-order chi connectivity index (χ0) is 12.5. The van der Waals surface area contributed by atoms with Gasteiger partial charge in [-0.25, -0.2) is 4.98 Å². The highest BCUT2D eigenvalue weighted by molar-refractivity contribution is 7.08. The lowest BCUT2D eigenvalue weighted by atomic mass is 10.4. The van der Waals surface area contributed by atoms with Gasteiger partial charge in [0.25, 0.3) is 5.91 Å². The predicted molar refractivity (Wildman–Crippen MR) is 64.4 cm³/mol.